The van der Waals surface area contributed by atoms with Crippen LogP contribution in [-0.2, 0) is 9.78 Å². The summed E-state index contributed by atoms with van der Waals surface area (Å²) in [4.78, 5) is 21.9. The fourth-order valence-electron chi connectivity index (χ4n) is 2.47. The molecule has 6 nitrogen and oxygen atoms in total. The van der Waals surface area contributed by atoms with Gasteiger partial charge < -0.3 is 14.2 Å². The van der Waals surface area contributed by atoms with Gasteiger partial charge in [-0.3, -0.25) is 4.89 Å². The quantitative estimate of drug-likeness (QED) is 0.265. The van der Waals surface area contributed by atoms with Crippen LogP contribution >= 0.6 is 0 Å². The van der Waals surface area contributed by atoms with Crippen molar-refractivity contribution in [2.45, 2.75) is 51.4 Å². The average molecular weight is 366 g/mol. The second-order valence-corrected chi connectivity index (χ2v) is 5.80. The van der Waals surface area contributed by atoms with Gasteiger partial charge in [0.25, 0.3) is 0 Å². The van der Waals surface area contributed by atoms with Crippen molar-refractivity contribution in [1.82, 2.24) is 0 Å². The summed E-state index contributed by atoms with van der Waals surface area (Å²) in [7, 11) is 4.46. The molecule has 0 unspecified atom stereocenters. The molecule has 0 spiro atoms. The summed E-state index contributed by atoms with van der Waals surface area (Å²) >= 11 is 0. The molecule has 0 bridgehead atoms. The fourth-order valence-corrected chi connectivity index (χ4v) is 2.47. The van der Waals surface area contributed by atoms with Crippen LogP contribution in [0, 0.1) is 13.5 Å². The predicted octanol–water partition coefficient (Wildman–Crippen LogP) is 4.92. The minimum Gasteiger partial charge on any atom is -0.496 e. The van der Waals surface area contributed by atoms with Crippen LogP contribution in [0.4, 0.5) is 0 Å². The molecule has 0 saturated heterocycles. The summed E-state index contributed by atoms with van der Waals surface area (Å²) < 4.78 is 15.6. The average Bonchev–Trinajstić information content (AvgIpc) is 2.67. The summed E-state index contributed by atoms with van der Waals surface area (Å²) in [5, 5.41) is 0. The molecule has 26 heavy (non-hydrogen) atoms. The molecule has 0 aliphatic carbocycles. The number of carbonyl (C=O) groups excluding carboxylic acids is 1. The molecule has 0 fully saturated rings. The van der Waals surface area contributed by atoms with Gasteiger partial charge in [-0.05, 0) is 6.42 Å². The monoisotopic (exact) mass is 366 g/mol. The first kappa shape index (κ1) is 22.1. The van der Waals surface area contributed by atoms with Gasteiger partial charge in [0, 0.05) is 12.1 Å². The van der Waals surface area contributed by atoms with E-state index in [1.165, 1.54) is 59.7 Å². The first-order valence-corrected chi connectivity index (χ1v) is 8.96. The standard InChI is InChI=1S/C20H30O6/c1-5-6-7-8-9-10-11-12-13-25-26-20(21)16-14-18(23-3)19(24-4)15-17(16)22-2/h13-15H,1,5-12H2,2-4H3. The summed E-state index contributed by atoms with van der Waals surface area (Å²) in [5.74, 6) is 0.525. The molecule has 0 atom stereocenters. The van der Waals surface area contributed by atoms with Crippen molar-refractivity contribution in [2.75, 3.05) is 21.3 Å². The summed E-state index contributed by atoms with van der Waals surface area (Å²) in [5.41, 5.74) is 0.198. The molecule has 0 aliphatic rings. The van der Waals surface area contributed by atoms with Crippen molar-refractivity contribution in [2.24, 2.45) is 0 Å². The summed E-state index contributed by atoms with van der Waals surface area (Å²) in [6.45, 7) is 5.34. The van der Waals surface area contributed by atoms with E-state index in [-0.39, 0.29) is 5.56 Å². The van der Waals surface area contributed by atoms with Gasteiger partial charge in [0.1, 0.15) is 17.9 Å². The highest BCUT2D eigenvalue weighted by atomic mass is 17.2. The lowest BCUT2D eigenvalue weighted by Crippen LogP contribution is -2.08. The third kappa shape index (κ3) is 7.52. The van der Waals surface area contributed by atoms with E-state index in [1.807, 2.05) is 0 Å². The van der Waals surface area contributed by atoms with Crippen LogP contribution in [0.5, 0.6) is 17.2 Å². The number of carbonyl (C=O) groups is 1. The van der Waals surface area contributed by atoms with Gasteiger partial charge in [0.15, 0.2) is 11.5 Å². The highest BCUT2D eigenvalue weighted by Gasteiger charge is 2.19. The van der Waals surface area contributed by atoms with Gasteiger partial charge in [-0.25, -0.2) is 4.79 Å². The van der Waals surface area contributed by atoms with Crippen molar-refractivity contribution in [3.05, 3.63) is 31.2 Å². The van der Waals surface area contributed by atoms with Gasteiger partial charge >= 0.3 is 5.97 Å². The Balaban J connectivity index is 2.35. The van der Waals surface area contributed by atoms with Crippen LogP contribution in [-0.4, -0.2) is 27.3 Å². The van der Waals surface area contributed by atoms with Gasteiger partial charge in [-0.2, -0.15) is 4.89 Å². The molecule has 1 aromatic carbocycles. The largest absolute Gasteiger partial charge is 0.496 e. The predicted molar refractivity (Wildman–Crippen MR) is 99.2 cm³/mol. The minimum absolute atomic E-state index is 0.198. The second kappa shape index (κ2) is 13.3. The maximum absolute atomic E-state index is 12.2. The zero-order chi connectivity index (χ0) is 19.2. The molecule has 1 aromatic rings. The zero-order valence-corrected chi connectivity index (χ0v) is 16.0. The lowest BCUT2D eigenvalue weighted by atomic mass is 10.1. The first-order valence-electron chi connectivity index (χ1n) is 8.96. The van der Waals surface area contributed by atoms with Crippen molar-refractivity contribution < 1.29 is 28.8 Å². The van der Waals surface area contributed by atoms with Gasteiger partial charge in [-0.15, -0.1) is 0 Å². The van der Waals surface area contributed by atoms with E-state index in [2.05, 4.69) is 6.92 Å². The molecule has 0 heterocycles. The Morgan fingerprint density at radius 2 is 1.46 bits per heavy atom. The Labute approximate surface area is 156 Å². The zero-order valence-electron chi connectivity index (χ0n) is 16.0. The number of rotatable bonds is 14. The number of benzene rings is 1. The Morgan fingerprint density at radius 3 is 2.08 bits per heavy atom. The number of methoxy groups -OCH3 is 3. The summed E-state index contributed by atoms with van der Waals surface area (Å²) in [6.07, 6.45) is 8.76. The molecule has 0 saturated carbocycles. The van der Waals surface area contributed by atoms with E-state index >= 15 is 0 Å². The van der Waals surface area contributed by atoms with Crippen LogP contribution in [0.1, 0.15) is 61.7 Å². The van der Waals surface area contributed by atoms with E-state index in [9.17, 15) is 4.79 Å². The SMILES string of the molecule is [CH2]CCCCCCCC[CH]OOC(=O)c1cc(OC)c(OC)cc1OC. The van der Waals surface area contributed by atoms with Crippen LogP contribution in [0.2, 0.25) is 0 Å². The maximum Gasteiger partial charge on any atom is 0.376 e. The van der Waals surface area contributed by atoms with Crippen molar-refractivity contribution in [3.8, 4) is 17.2 Å². The lowest BCUT2D eigenvalue weighted by Gasteiger charge is -2.12. The lowest BCUT2D eigenvalue weighted by molar-refractivity contribution is -0.213. The maximum atomic E-state index is 12.2. The van der Waals surface area contributed by atoms with Gasteiger partial charge in [-0.1, -0.05) is 51.9 Å². The Hall–Kier alpha value is -1.95. The van der Waals surface area contributed by atoms with E-state index < -0.39 is 5.97 Å². The molecule has 146 valence electrons. The Morgan fingerprint density at radius 1 is 0.885 bits per heavy atom. The topological polar surface area (TPSA) is 63.2 Å². The minimum atomic E-state index is -0.660. The molecular formula is C20H30O6. The molecule has 0 amide bonds. The number of unbranched alkanes of at least 4 members (excludes halogenated alkanes) is 7. The van der Waals surface area contributed by atoms with Gasteiger partial charge in [0.05, 0.1) is 21.3 Å². The van der Waals surface area contributed by atoms with E-state index in [4.69, 9.17) is 24.0 Å². The van der Waals surface area contributed by atoms with Crippen molar-refractivity contribution >= 4 is 5.97 Å². The second-order valence-electron chi connectivity index (χ2n) is 5.80. The molecule has 0 aromatic heterocycles. The normalized spacial score (nSPS) is 10.5. The molecule has 2 radical (unpaired) electrons. The molecule has 6 heteroatoms. The third-order valence-corrected chi connectivity index (χ3v) is 3.94. The van der Waals surface area contributed by atoms with Crippen LogP contribution in [0.25, 0.3) is 0 Å². The van der Waals surface area contributed by atoms with E-state index in [0.29, 0.717) is 17.2 Å². The molecule has 1 rings (SSSR count). The highest BCUT2D eigenvalue weighted by molar-refractivity contribution is 5.93. The Bertz CT molecular complexity index is 529. The van der Waals surface area contributed by atoms with E-state index in [0.717, 1.165) is 25.7 Å². The van der Waals surface area contributed by atoms with Crippen molar-refractivity contribution in [3.63, 3.8) is 0 Å². The molecule has 0 N–H and O–H groups in total. The third-order valence-electron chi connectivity index (χ3n) is 3.94. The molecular weight excluding hydrogens is 336 g/mol. The number of hydrogen-bond acceptors (Lipinski definition) is 6. The van der Waals surface area contributed by atoms with Crippen LogP contribution in [0.3, 0.4) is 0 Å². The number of hydrogen-bond donors (Lipinski definition) is 0. The van der Waals surface area contributed by atoms with Crippen molar-refractivity contribution in [1.29, 1.82) is 0 Å². The fraction of sp³-hybridized carbons (Fsp3) is 0.550. The first-order chi connectivity index (χ1) is 12.7. The van der Waals surface area contributed by atoms with Gasteiger partial charge in [0.2, 0.25) is 0 Å². The van der Waals surface area contributed by atoms with Crippen LogP contribution in [0.15, 0.2) is 12.1 Å². The smallest absolute Gasteiger partial charge is 0.376 e. The molecule has 0 aliphatic heterocycles. The van der Waals surface area contributed by atoms with Crippen LogP contribution < -0.4 is 14.2 Å². The Kier molecular flexibility index (Phi) is 11.3. The highest BCUT2D eigenvalue weighted by Crippen LogP contribution is 2.35. The number of ether oxygens (including phenoxy) is 3. The summed E-state index contributed by atoms with van der Waals surface area (Å²) in [6, 6.07) is 3.06. The van der Waals surface area contributed by atoms with E-state index in [1.54, 1.807) is 6.07 Å².